The second kappa shape index (κ2) is 9.50. The van der Waals surface area contributed by atoms with E-state index in [1.165, 1.54) is 12.1 Å². The fourth-order valence-electron chi connectivity index (χ4n) is 5.66. The van der Waals surface area contributed by atoms with Crippen LogP contribution in [0.25, 0.3) is 11.3 Å². The van der Waals surface area contributed by atoms with Crippen molar-refractivity contribution >= 4 is 29.2 Å². The molecule has 1 unspecified atom stereocenters. The minimum Gasteiger partial charge on any atom is -0.487 e. The molecule has 2 amide bonds. The van der Waals surface area contributed by atoms with Crippen LogP contribution in [0.15, 0.2) is 24.8 Å². The number of hydrogen-bond acceptors (Lipinski definition) is 6. The maximum absolute atomic E-state index is 16.2. The smallest absolute Gasteiger partial charge is 0.262 e. The van der Waals surface area contributed by atoms with E-state index in [1.54, 1.807) is 27.7 Å². The lowest BCUT2D eigenvalue weighted by molar-refractivity contribution is -0.128. The van der Waals surface area contributed by atoms with E-state index >= 15 is 8.78 Å². The number of carbonyl (C=O) groups excluding carboxylic acids is 2. The average molecular weight is 547 g/mol. The molecule has 8 nitrogen and oxygen atoms in total. The largest absolute Gasteiger partial charge is 0.487 e. The van der Waals surface area contributed by atoms with Gasteiger partial charge in [0, 0.05) is 37.3 Å². The van der Waals surface area contributed by atoms with Gasteiger partial charge in [-0.05, 0) is 44.9 Å². The van der Waals surface area contributed by atoms with Crippen molar-refractivity contribution in [3.05, 3.63) is 52.6 Å². The number of nitrogens with zero attached hydrogens (tertiary/aromatic N) is 4. The van der Waals surface area contributed by atoms with Crippen molar-refractivity contribution in [3.8, 4) is 17.0 Å². The number of aliphatic hydroxyl groups is 1. The molecule has 11 heteroatoms. The summed E-state index contributed by atoms with van der Waals surface area (Å²) in [6, 6.07) is 2.41. The van der Waals surface area contributed by atoms with Gasteiger partial charge in [-0.25, -0.2) is 13.8 Å². The number of anilines is 1. The SMILES string of the molecule is C=CC(=O)N1CCN2C(=O)c3c(N4CC(O)CC4(C)C)nc(-c4c(C)ccc(Cl)c4F)c(F)c3OC[C@H]2C1. The molecule has 2 aromatic rings. The summed E-state index contributed by atoms with van der Waals surface area (Å²) in [6.07, 6.45) is 0.893. The number of carbonyl (C=O) groups is 2. The van der Waals surface area contributed by atoms with Crippen LogP contribution in [-0.2, 0) is 4.79 Å². The molecule has 4 heterocycles. The van der Waals surface area contributed by atoms with Crippen molar-refractivity contribution in [2.75, 3.05) is 37.7 Å². The molecular formula is C27H29ClF2N4O4. The molecule has 3 aliphatic heterocycles. The van der Waals surface area contributed by atoms with E-state index in [0.29, 0.717) is 12.0 Å². The summed E-state index contributed by atoms with van der Waals surface area (Å²) < 4.78 is 37.5. The molecule has 2 saturated heterocycles. The summed E-state index contributed by atoms with van der Waals surface area (Å²) in [5, 5.41) is 10.3. The maximum Gasteiger partial charge on any atom is 0.262 e. The normalized spacial score (nSPS) is 22.5. The predicted molar refractivity (Wildman–Crippen MR) is 138 cm³/mol. The van der Waals surface area contributed by atoms with E-state index in [4.69, 9.17) is 16.3 Å². The molecule has 38 heavy (non-hydrogen) atoms. The van der Waals surface area contributed by atoms with Crippen molar-refractivity contribution in [1.29, 1.82) is 0 Å². The molecule has 1 N–H and O–H groups in total. The van der Waals surface area contributed by atoms with E-state index in [-0.39, 0.29) is 72.1 Å². The number of aromatic nitrogens is 1. The van der Waals surface area contributed by atoms with Gasteiger partial charge < -0.3 is 24.5 Å². The number of pyridine rings is 1. The first-order valence-corrected chi connectivity index (χ1v) is 12.8. The summed E-state index contributed by atoms with van der Waals surface area (Å²) in [6.45, 7) is 9.66. The molecule has 3 aliphatic rings. The van der Waals surface area contributed by atoms with Crippen LogP contribution in [0.5, 0.6) is 5.75 Å². The minimum absolute atomic E-state index is 0.0808. The summed E-state index contributed by atoms with van der Waals surface area (Å²) in [5.74, 6) is -2.80. The molecular weight excluding hydrogens is 518 g/mol. The zero-order chi connectivity index (χ0) is 27.5. The van der Waals surface area contributed by atoms with Crippen LogP contribution in [0.3, 0.4) is 0 Å². The number of piperazine rings is 1. The van der Waals surface area contributed by atoms with Gasteiger partial charge in [0.2, 0.25) is 5.91 Å². The standard InChI is InChI=1S/C27H29ClF2N4O4/c1-5-18(36)32-8-9-33-15(11-32)13-38-24-20(26(33)37)25(34-12-16(35)10-27(34,3)4)31-23(22(24)30)19-14(2)6-7-17(28)21(19)29/h5-7,15-16,35H,1,8-13H2,2-4H3/t15-,16?/m1/s1. The Kier molecular flexibility index (Phi) is 6.59. The third-order valence-electron chi connectivity index (χ3n) is 7.59. The molecule has 0 radical (unpaired) electrons. The molecule has 202 valence electrons. The molecule has 1 aromatic carbocycles. The van der Waals surface area contributed by atoms with Crippen LogP contribution in [0, 0.1) is 18.6 Å². The van der Waals surface area contributed by atoms with Crippen LogP contribution in [-0.4, -0.2) is 82.2 Å². The first-order chi connectivity index (χ1) is 17.9. The van der Waals surface area contributed by atoms with Gasteiger partial charge in [0.25, 0.3) is 5.91 Å². The topological polar surface area (TPSA) is 86.2 Å². The number of rotatable bonds is 3. The number of halogens is 3. The highest BCUT2D eigenvalue weighted by molar-refractivity contribution is 6.31. The van der Waals surface area contributed by atoms with Crippen LogP contribution in [0.4, 0.5) is 14.6 Å². The summed E-state index contributed by atoms with van der Waals surface area (Å²) in [5.41, 5.74) is -0.777. The quantitative estimate of drug-likeness (QED) is 0.593. The maximum atomic E-state index is 16.2. The Balaban J connectivity index is 1.71. The lowest BCUT2D eigenvalue weighted by Crippen LogP contribution is -2.57. The highest BCUT2D eigenvalue weighted by Gasteiger charge is 2.45. The van der Waals surface area contributed by atoms with Crippen LogP contribution >= 0.6 is 11.6 Å². The number of β-amino-alcohol motifs (C(OH)–C–C–N with tert-alkyl or cyclic N) is 1. The molecule has 2 fully saturated rings. The lowest BCUT2D eigenvalue weighted by Gasteiger charge is -2.40. The number of fused-ring (bicyclic) bond motifs is 2. The number of aryl methyl sites for hydroxylation is 1. The molecule has 0 saturated carbocycles. The number of hydrogen-bond donors (Lipinski definition) is 1. The highest BCUT2D eigenvalue weighted by atomic mass is 35.5. The Morgan fingerprint density at radius 3 is 2.63 bits per heavy atom. The fourth-order valence-corrected chi connectivity index (χ4v) is 5.81. The van der Waals surface area contributed by atoms with Gasteiger partial charge in [0.1, 0.15) is 23.7 Å². The lowest BCUT2D eigenvalue weighted by atomic mass is 9.99. The van der Waals surface area contributed by atoms with E-state index < -0.39 is 35.2 Å². The van der Waals surface area contributed by atoms with Crippen LogP contribution in [0.2, 0.25) is 5.02 Å². The summed E-state index contributed by atoms with van der Waals surface area (Å²) >= 11 is 6.05. The van der Waals surface area contributed by atoms with E-state index in [1.807, 2.05) is 13.8 Å². The molecule has 0 aliphatic carbocycles. The molecule has 2 atom stereocenters. The monoisotopic (exact) mass is 546 g/mol. The number of amides is 2. The van der Waals surface area contributed by atoms with Crippen molar-refractivity contribution in [1.82, 2.24) is 14.8 Å². The second-order valence-electron chi connectivity index (χ2n) is 10.6. The molecule has 1 aromatic heterocycles. The first kappa shape index (κ1) is 26.4. The first-order valence-electron chi connectivity index (χ1n) is 12.4. The Bertz CT molecular complexity index is 1350. The second-order valence-corrected chi connectivity index (χ2v) is 11.0. The van der Waals surface area contributed by atoms with Gasteiger partial charge in [0.15, 0.2) is 17.4 Å². The molecule has 0 bridgehead atoms. The van der Waals surface area contributed by atoms with E-state index in [9.17, 15) is 14.7 Å². The summed E-state index contributed by atoms with van der Waals surface area (Å²) in [7, 11) is 0. The highest BCUT2D eigenvalue weighted by Crippen LogP contribution is 2.44. The van der Waals surface area contributed by atoms with Gasteiger partial charge in [0.05, 0.1) is 17.2 Å². The zero-order valence-electron chi connectivity index (χ0n) is 21.4. The number of aliphatic hydroxyl groups excluding tert-OH is 1. The van der Waals surface area contributed by atoms with Crippen molar-refractivity contribution in [2.45, 2.75) is 44.9 Å². The van der Waals surface area contributed by atoms with Gasteiger partial charge in [-0.2, -0.15) is 0 Å². The van der Waals surface area contributed by atoms with Gasteiger partial charge in [-0.3, -0.25) is 9.59 Å². The van der Waals surface area contributed by atoms with E-state index in [2.05, 4.69) is 11.6 Å². The minimum atomic E-state index is -0.974. The van der Waals surface area contributed by atoms with Gasteiger partial charge in [-0.1, -0.05) is 24.2 Å². The van der Waals surface area contributed by atoms with Gasteiger partial charge in [-0.15, -0.1) is 0 Å². The Hall–Kier alpha value is -3.24. The Morgan fingerprint density at radius 2 is 1.97 bits per heavy atom. The predicted octanol–water partition coefficient (Wildman–Crippen LogP) is 3.57. The average Bonchev–Trinajstić information content (AvgIpc) is 3.06. The Morgan fingerprint density at radius 1 is 1.24 bits per heavy atom. The molecule has 5 rings (SSSR count). The van der Waals surface area contributed by atoms with Crippen molar-refractivity contribution in [2.24, 2.45) is 0 Å². The van der Waals surface area contributed by atoms with Crippen LogP contribution in [0.1, 0.15) is 36.2 Å². The van der Waals surface area contributed by atoms with Crippen molar-refractivity contribution in [3.63, 3.8) is 0 Å². The zero-order valence-corrected chi connectivity index (χ0v) is 22.2. The number of ether oxygens (including phenoxy) is 1. The number of benzene rings is 1. The third-order valence-corrected chi connectivity index (χ3v) is 7.89. The van der Waals surface area contributed by atoms with E-state index in [0.717, 1.165) is 0 Å². The fraction of sp³-hybridized carbons (Fsp3) is 0.444. The third kappa shape index (κ3) is 4.19. The van der Waals surface area contributed by atoms with Gasteiger partial charge >= 0.3 is 0 Å². The summed E-state index contributed by atoms with van der Waals surface area (Å²) in [4.78, 5) is 35.7. The van der Waals surface area contributed by atoms with Crippen molar-refractivity contribution < 1.29 is 28.2 Å². The van der Waals surface area contributed by atoms with Crippen LogP contribution < -0.4 is 9.64 Å². The molecule has 0 spiro atoms. The Labute approximate surface area is 224 Å².